The highest BCUT2D eigenvalue weighted by molar-refractivity contribution is 5.83. The van der Waals surface area contributed by atoms with Crippen LogP contribution in [0, 0.1) is 11.1 Å². The number of anilines is 2. The van der Waals surface area contributed by atoms with Crippen LogP contribution in [0.1, 0.15) is 37.0 Å². The van der Waals surface area contributed by atoms with Gasteiger partial charge >= 0.3 is 12.1 Å². The van der Waals surface area contributed by atoms with Crippen LogP contribution in [0.3, 0.4) is 0 Å². The molecule has 32 heavy (non-hydrogen) atoms. The van der Waals surface area contributed by atoms with Crippen LogP contribution in [-0.2, 0) is 23.2 Å². The van der Waals surface area contributed by atoms with E-state index in [1.165, 1.54) is 7.05 Å². The summed E-state index contributed by atoms with van der Waals surface area (Å²) in [5, 5.41) is 16.4. The van der Waals surface area contributed by atoms with Crippen molar-refractivity contribution < 1.29 is 18.0 Å². The molecule has 1 N–H and O–H groups in total. The Kier molecular flexibility index (Phi) is 5.61. The molecule has 4 rings (SSSR count). The molecule has 0 unspecified atom stereocenters. The van der Waals surface area contributed by atoms with E-state index in [-0.39, 0.29) is 17.9 Å². The van der Waals surface area contributed by atoms with Crippen molar-refractivity contribution in [3.63, 3.8) is 0 Å². The Morgan fingerprint density at radius 3 is 2.59 bits per heavy atom. The van der Waals surface area contributed by atoms with E-state index < -0.39 is 18.1 Å². The van der Waals surface area contributed by atoms with E-state index >= 15 is 0 Å². The van der Waals surface area contributed by atoms with E-state index in [0.29, 0.717) is 30.8 Å². The van der Waals surface area contributed by atoms with Gasteiger partial charge in [0.1, 0.15) is 0 Å². The Bertz CT molecular complexity index is 1010. The Morgan fingerprint density at radius 1 is 1.28 bits per heavy atom. The molecule has 3 atom stereocenters. The van der Waals surface area contributed by atoms with Crippen LogP contribution in [0.2, 0.25) is 0 Å². The van der Waals surface area contributed by atoms with Crippen LogP contribution >= 0.6 is 0 Å². The van der Waals surface area contributed by atoms with Crippen molar-refractivity contribution in [2.45, 2.75) is 50.9 Å². The molecule has 2 bridgehead atoms. The lowest BCUT2D eigenvalue weighted by molar-refractivity contribution is -0.192. The van der Waals surface area contributed by atoms with Crippen molar-refractivity contribution in [1.29, 1.82) is 0 Å². The summed E-state index contributed by atoms with van der Waals surface area (Å²) >= 11 is 0. The molecular formula is C24H27F3N3O2-. The number of nitrogens with zero attached hydrogens (tertiary/aromatic N) is 2. The summed E-state index contributed by atoms with van der Waals surface area (Å²) < 4.78 is 39.5. The maximum absolute atomic E-state index is 13.2. The normalized spacial score (nSPS) is 24.7. The molecular weight excluding hydrogens is 419 g/mol. The molecule has 1 saturated heterocycles. The number of piperidine rings is 1. The van der Waals surface area contributed by atoms with Gasteiger partial charge in [0.15, 0.2) is 0 Å². The number of nitrogens with one attached hydrogen (secondary N) is 1. The SMILES string of the molecule is C[C@@H]1[C@H]2Cc3cc(N(C)[O-])c(NCc4ccccc4)cc3[C@]1(C)CCN2C(=O)C(F)(F)F. The Hall–Kier alpha value is -2.74. The third kappa shape index (κ3) is 3.81. The highest BCUT2D eigenvalue weighted by atomic mass is 19.4. The van der Waals surface area contributed by atoms with Gasteiger partial charge in [-0.15, -0.1) is 0 Å². The maximum Gasteiger partial charge on any atom is 0.471 e. The third-order valence-electron chi connectivity index (χ3n) is 7.29. The Balaban J connectivity index is 1.71. The lowest BCUT2D eigenvalue weighted by Gasteiger charge is -2.54. The zero-order valence-electron chi connectivity index (χ0n) is 18.4. The number of fused-ring (bicyclic) bond motifs is 4. The van der Waals surface area contributed by atoms with Gasteiger partial charge in [-0.2, -0.15) is 13.2 Å². The molecule has 2 aromatic carbocycles. The van der Waals surface area contributed by atoms with Gasteiger partial charge in [0.2, 0.25) is 0 Å². The number of hydrogen-bond donors (Lipinski definition) is 1. The second kappa shape index (κ2) is 7.99. The highest BCUT2D eigenvalue weighted by Crippen LogP contribution is 2.51. The van der Waals surface area contributed by atoms with E-state index in [0.717, 1.165) is 26.7 Å². The molecule has 1 heterocycles. The average molecular weight is 446 g/mol. The monoisotopic (exact) mass is 446 g/mol. The van der Waals surface area contributed by atoms with Crippen LogP contribution in [0.4, 0.5) is 24.5 Å². The van der Waals surface area contributed by atoms with Crippen molar-refractivity contribution in [3.05, 3.63) is 64.4 Å². The number of carbonyl (C=O) groups excluding carboxylic acids is 1. The number of amides is 1. The summed E-state index contributed by atoms with van der Waals surface area (Å²) in [5.74, 6) is -1.92. The number of likely N-dealkylation sites (tertiary alicyclic amines) is 1. The van der Waals surface area contributed by atoms with E-state index in [1.807, 2.05) is 43.3 Å². The summed E-state index contributed by atoms with van der Waals surface area (Å²) in [7, 11) is 1.41. The minimum Gasteiger partial charge on any atom is -0.758 e. The largest absolute Gasteiger partial charge is 0.758 e. The standard InChI is InChI=1S/C24H27F3N3O2/c1-15-20-11-17-12-21(29(3)32)19(28-14-16-7-5-4-6-8-16)13-18(17)23(15,2)9-10-30(20)22(31)24(25,26)27/h4-8,12-13,15,20,28H,9-11,14H2,1-3H3/q-1/t15-,20-,23-/m1/s1. The lowest BCUT2D eigenvalue weighted by Crippen LogP contribution is -2.61. The molecule has 2 aliphatic rings. The molecule has 1 amide bonds. The summed E-state index contributed by atoms with van der Waals surface area (Å²) in [6.45, 7) is 4.59. The van der Waals surface area contributed by atoms with Crippen molar-refractivity contribution in [3.8, 4) is 0 Å². The summed E-state index contributed by atoms with van der Waals surface area (Å²) in [6, 6.07) is 13.0. The van der Waals surface area contributed by atoms with Crippen LogP contribution in [0.5, 0.6) is 0 Å². The van der Waals surface area contributed by atoms with Gasteiger partial charge in [-0.25, -0.2) is 0 Å². The number of halogens is 3. The van der Waals surface area contributed by atoms with Crippen molar-refractivity contribution in [2.24, 2.45) is 5.92 Å². The van der Waals surface area contributed by atoms with Crippen LogP contribution in [-0.4, -0.2) is 36.6 Å². The van der Waals surface area contributed by atoms with Gasteiger partial charge in [0, 0.05) is 24.8 Å². The second-order valence-electron chi connectivity index (χ2n) is 9.09. The predicted molar refractivity (Wildman–Crippen MR) is 118 cm³/mol. The maximum atomic E-state index is 13.2. The van der Waals surface area contributed by atoms with Crippen LogP contribution in [0.25, 0.3) is 0 Å². The van der Waals surface area contributed by atoms with E-state index in [2.05, 4.69) is 12.2 Å². The molecule has 172 valence electrons. The smallest absolute Gasteiger partial charge is 0.471 e. The lowest BCUT2D eigenvalue weighted by atomic mass is 9.59. The van der Waals surface area contributed by atoms with Gasteiger partial charge in [0.05, 0.1) is 5.69 Å². The number of benzene rings is 2. The quantitative estimate of drug-likeness (QED) is 0.683. The minimum absolute atomic E-state index is 0.0687. The first kappa shape index (κ1) is 22.5. The molecule has 8 heteroatoms. The Morgan fingerprint density at radius 2 is 1.97 bits per heavy atom. The molecule has 0 saturated carbocycles. The van der Waals surface area contributed by atoms with Gasteiger partial charge in [-0.05, 0) is 60.0 Å². The number of alkyl halides is 3. The first-order chi connectivity index (χ1) is 15.0. The molecule has 5 nitrogen and oxygen atoms in total. The number of rotatable bonds is 4. The zero-order valence-corrected chi connectivity index (χ0v) is 18.4. The predicted octanol–water partition coefficient (Wildman–Crippen LogP) is 4.85. The first-order valence-electron chi connectivity index (χ1n) is 10.8. The summed E-state index contributed by atoms with van der Waals surface area (Å²) in [4.78, 5) is 13.0. The second-order valence-corrected chi connectivity index (χ2v) is 9.09. The average Bonchev–Trinajstić information content (AvgIpc) is 2.74. The van der Waals surface area contributed by atoms with E-state index in [4.69, 9.17) is 0 Å². The van der Waals surface area contributed by atoms with Crippen LogP contribution < -0.4 is 10.4 Å². The zero-order chi connectivity index (χ0) is 23.3. The third-order valence-corrected chi connectivity index (χ3v) is 7.29. The summed E-state index contributed by atoms with van der Waals surface area (Å²) in [6.07, 6.45) is -4.16. The molecule has 1 aliphatic carbocycles. The number of carbonyl (C=O) groups is 1. The van der Waals surface area contributed by atoms with Crippen molar-refractivity contribution in [2.75, 3.05) is 24.0 Å². The highest BCUT2D eigenvalue weighted by Gasteiger charge is 2.54. The number of hydroxylamine groups is 1. The molecule has 1 aliphatic heterocycles. The molecule has 0 aromatic heterocycles. The van der Waals surface area contributed by atoms with E-state index in [1.54, 1.807) is 6.07 Å². The van der Waals surface area contributed by atoms with Gasteiger partial charge in [-0.1, -0.05) is 44.2 Å². The number of hydrogen-bond acceptors (Lipinski definition) is 4. The van der Waals surface area contributed by atoms with Gasteiger partial charge < -0.3 is 20.5 Å². The van der Waals surface area contributed by atoms with E-state index in [9.17, 15) is 23.2 Å². The summed E-state index contributed by atoms with van der Waals surface area (Å²) in [5.41, 5.74) is 3.70. The van der Waals surface area contributed by atoms with Gasteiger partial charge in [0.25, 0.3) is 0 Å². The van der Waals surface area contributed by atoms with Crippen molar-refractivity contribution in [1.82, 2.24) is 4.90 Å². The first-order valence-corrected chi connectivity index (χ1v) is 10.8. The topological polar surface area (TPSA) is 58.6 Å². The fourth-order valence-electron chi connectivity index (χ4n) is 5.28. The van der Waals surface area contributed by atoms with Crippen molar-refractivity contribution >= 4 is 17.3 Å². The molecule has 2 aromatic rings. The molecule has 0 radical (unpaired) electrons. The minimum atomic E-state index is -4.89. The molecule has 1 fully saturated rings. The Labute approximate surface area is 185 Å². The fraction of sp³-hybridized carbons (Fsp3) is 0.458. The van der Waals surface area contributed by atoms with Gasteiger partial charge in [-0.3, -0.25) is 4.79 Å². The molecule has 0 spiro atoms. The fourth-order valence-corrected chi connectivity index (χ4v) is 5.28. The van der Waals surface area contributed by atoms with Crippen LogP contribution in [0.15, 0.2) is 42.5 Å².